The van der Waals surface area contributed by atoms with E-state index < -0.39 is 11.7 Å². The molecule has 0 spiro atoms. The number of fused-ring (bicyclic) bond motifs is 3. The van der Waals surface area contributed by atoms with Crippen molar-refractivity contribution in [1.82, 2.24) is 0 Å². The molecule has 2 aromatic rings. The first kappa shape index (κ1) is 17.6. The van der Waals surface area contributed by atoms with Crippen molar-refractivity contribution in [3.05, 3.63) is 58.0 Å². The lowest BCUT2D eigenvalue weighted by Gasteiger charge is -2.49. The van der Waals surface area contributed by atoms with Gasteiger partial charge in [0, 0.05) is 29.3 Å². The third-order valence-electron chi connectivity index (χ3n) is 5.57. The summed E-state index contributed by atoms with van der Waals surface area (Å²) >= 11 is 0. The molecule has 0 bridgehead atoms. The van der Waals surface area contributed by atoms with E-state index in [9.17, 15) is 0 Å². The molecule has 2 N–H and O–H groups in total. The lowest BCUT2D eigenvalue weighted by Crippen LogP contribution is -2.61. The van der Waals surface area contributed by atoms with Crippen LogP contribution in [0.15, 0.2) is 41.5 Å². The van der Waals surface area contributed by atoms with Crippen LogP contribution in [-0.4, -0.2) is 38.0 Å². The summed E-state index contributed by atoms with van der Waals surface area (Å²) in [5, 5.41) is 3.53. The Morgan fingerprint density at radius 3 is 3.04 bits per heavy atom. The maximum Gasteiger partial charge on any atom is 0.143 e. The summed E-state index contributed by atoms with van der Waals surface area (Å²) in [6.07, 6.45) is 0.210. The Balaban J connectivity index is 1.79. The molecular formula is C20H22FN5O. The fraction of sp³-hybridized carbons (Fsp3) is 0.400. The van der Waals surface area contributed by atoms with Gasteiger partial charge in [0.1, 0.15) is 5.67 Å². The maximum absolute atomic E-state index is 15.7. The van der Waals surface area contributed by atoms with Crippen LogP contribution in [0.25, 0.3) is 21.6 Å². The van der Waals surface area contributed by atoms with E-state index in [-0.39, 0.29) is 13.0 Å². The predicted molar refractivity (Wildman–Crippen MR) is 105 cm³/mol. The Kier molecular flexibility index (Phi) is 4.42. The zero-order valence-corrected chi connectivity index (χ0v) is 15.2. The van der Waals surface area contributed by atoms with Gasteiger partial charge in [-0.05, 0) is 52.9 Å². The second kappa shape index (κ2) is 6.76. The number of rotatable bonds is 3. The van der Waals surface area contributed by atoms with E-state index >= 15 is 4.39 Å². The van der Waals surface area contributed by atoms with Gasteiger partial charge in [-0.2, -0.15) is 0 Å². The third kappa shape index (κ3) is 3.09. The first-order valence-electron chi connectivity index (χ1n) is 9.05. The van der Waals surface area contributed by atoms with Crippen molar-refractivity contribution in [2.24, 2.45) is 5.11 Å². The van der Waals surface area contributed by atoms with Gasteiger partial charge in [0.15, 0.2) is 0 Å². The minimum absolute atomic E-state index is 0.191. The van der Waals surface area contributed by atoms with E-state index in [2.05, 4.69) is 27.9 Å². The maximum atomic E-state index is 15.7. The van der Waals surface area contributed by atoms with E-state index in [0.29, 0.717) is 19.8 Å². The number of alkyl halides is 1. The van der Waals surface area contributed by atoms with Gasteiger partial charge in [0.2, 0.25) is 0 Å². The molecule has 2 aliphatic heterocycles. The summed E-state index contributed by atoms with van der Waals surface area (Å²) in [5.41, 5.74) is 18.9. The van der Waals surface area contributed by atoms with E-state index in [1.165, 1.54) is 0 Å². The fourth-order valence-corrected chi connectivity index (χ4v) is 4.16. The summed E-state index contributed by atoms with van der Waals surface area (Å²) in [6, 6.07) is 11.5. The van der Waals surface area contributed by atoms with Gasteiger partial charge < -0.3 is 15.4 Å². The minimum atomic E-state index is -1.63. The summed E-state index contributed by atoms with van der Waals surface area (Å²) in [4.78, 5) is 4.82. The average Bonchev–Trinajstić information content (AvgIpc) is 2.68. The first-order chi connectivity index (χ1) is 13.0. The topological polar surface area (TPSA) is 87.2 Å². The number of nitrogens with two attached hydrogens (primary N) is 1. The molecule has 7 heteroatoms. The molecule has 0 aromatic heterocycles. The Hall–Kier alpha value is -2.76. The number of hydrogen-bond acceptors (Lipinski definition) is 4. The molecule has 0 saturated carbocycles. The van der Waals surface area contributed by atoms with Crippen LogP contribution in [0.5, 0.6) is 0 Å². The highest BCUT2D eigenvalue weighted by Gasteiger charge is 2.48. The SMILES string of the molecule is Cc1ccc(N)cc1-c1ccc2c(c1)N1CCOC[C@H]1[C@](F)(CN=[N+]=[N-])C2. The molecule has 0 amide bonds. The quantitative estimate of drug-likeness (QED) is 0.385. The molecule has 2 aromatic carbocycles. The first-order valence-corrected chi connectivity index (χ1v) is 9.05. The van der Waals surface area contributed by atoms with Gasteiger partial charge in [0.25, 0.3) is 0 Å². The molecule has 6 nitrogen and oxygen atoms in total. The fourth-order valence-electron chi connectivity index (χ4n) is 4.16. The monoisotopic (exact) mass is 367 g/mol. The normalized spacial score (nSPS) is 23.9. The number of ether oxygens (including phenoxy) is 1. The Morgan fingerprint density at radius 1 is 1.37 bits per heavy atom. The van der Waals surface area contributed by atoms with Gasteiger partial charge in [-0.1, -0.05) is 23.3 Å². The molecule has 140 valence electrons. The summed E-state index contributed by atoms with van der Waals surface area (Å²) in [6.45, 7) is 3.31. The van der Waals surface area contributed by atoms with Crippen molar-refractivity contribution in [1.29, 1.82) is 0 Å². The zero-order chi connectivity index (χ0) is 19.0. The summed E-state index contributed by atoms with van der Waals surface area (Å²) in [5.74, 6) is 0. The molecule has 27 heavy (non-hydrogen) atoms. The molecular weight excluding hydrogens is 345 g/mol. The molecule has 0 radical (unpaired) electrons. The molecule has 0 unspecified atom stereocenters. The number of nitrogens with zero attached hydrogens (tertiary/aromatic N) is 4. The number of morpholine rings is 1. The van der Waals surface area contributed by atoms with E-state index in [1.807, 2.05) is 30.3 Å². The van der Waals surface area contributed by atoms with E-state index in [1.54, 1.807) is 0 Å². The van der Waals surface area contributed by atoms with Crippen LogP contribution in [0.1, 0.15) is 11.1 Å². The van der Waals surface area contributed by atoms with Crippen LogP contribution in [0, 0.1) is 6.92 Å². The molecule has 2 atom stereocenters. The second-order valence-electron chi connectivity index (χ2n) is 7.30. The van der Waals surface area contributed by atoms with Gasteiger partial charge >= 0.3 is 0 Å². The number of nitrogen functional groups attached to an aromatic ring is 1. The van der Waals surface area contributed by atoms with Crippen LogP contribution < -0.4 is 10.6 Å². The highest BCUT2D eigenvalue weighted by molar-refractivity contribution is 5.76. The molecule has 4 rings (SSSR count). The standard InChI is InChI=1S/C20H22FN5O/c1-13-2-5-16(22)9-17(13)14-3-4-15-10-20(21,12-24-25-23)19-11-27-7-6-26(19)18(15)8-14/h2-5,8-9,19H,6-7,10-12,22H2,1H3/t19-,20+/m0/s1. The number of azide groups is 1. The van der Waals surface area contributed by atoms with Crippen molar-refractivity contribution < 1.29 is 9.13 Å². The van der Waals surface area contributed by atoms with E-state index in [0.717, 1.165) is 33.6 Å². The minimum Gasteiger partial charge on any atom is -0.399 e. The number of halogens is 1. The summed E-state index contributed by atoms with van der Waals surface area (Å²) in [7, 11) is 0. The Morgan fingerprint density at radius 2 is 2.22 bits per heavy atom. The number of aryl methyl sites for hydroxylation is 1. The van der Waals surface area contributed by atoms with Gasteiger partial charge in [-0.3, -0.25) is 0 Å². The van der Waals surface area contributed by atoms with Crippen LogP contribution in [0.4, 0.5) is 15.8 Å². The van der Waals surface area contributed by atoms with Crippen LogP contribution >= 0.6 is 0 Å². The molecule has 2 heterocycles. The smallest absolute Gasteiger partial charge is 0.143 e. The van der Waals surface area contributed by atoms with Gasteiger partial charge in [0.05, 0.1) is 25.8 Å². The van der Waals surface area contributed by atoms with Crippen molar-refractivity contribution in [2.45, 2.75) is 25.1 Å². The highest BCUT2D eigenvalue weighted by atomic mass is 19.1. The van der Waals surface area contributed by atoms with Crippen LogP contribution in [0.3, 0.4) is 0 Å². The van der Waals surface area contributed by atoms with Gasteiger partial charge in [-0.15, -0.1) is 0 Å². The molecule has 1 saturated heterocycles. The molecule has 1 fully saturated rings. The average molecular weight is 367 g/mol. The number of benzene rings is 2. The van der Waals surface area contributed by atoms with E-state index in [4.69, 9.17) is 16.0 Å². The number of anilines is 2. The summed E-state index contributed by atoms with van der Waals surface area (Å²) < 4.78 is 21.3. The number of hydrogen-bond donors (Lipinski definition) is 1. The second-order valence-corrected chi connectivity index (χ2v) is 7.30. The lowest BCUT2D eigenvalue weighted by molar-refractivity contribution is 0.0181. The van der Waals surface area contributed by atoms with Gasteiger partial charge in [-0.25, -0.2) is 4.39 Å². The van der Waals surface area contributed by atoms with Crippen molar-refractivity contribution in [3.63, 3.8) is 0 Å². The Bertz CT molecular complexity index is 927. The van der Waals surface area contributed by atoms with Crippen LogP contribution in [0.2, 0.25) is 0 Å². The lowest BCUT2D eigenvalue weighted by atomic mass is 9.81. The molecule has 0 aliphatic carbocycles. The highest BCUT2D eigenvalue weighted by Crippen LogP contribution is 2.42. The Labute approximate surface area is 157 Å². The molecule has 2 aliphatic rings. The van der Waals surface area contributed by atoms with Crippen LogP contribution in [-0.2, 0) is 11.2 Å². The van der Waals surface area contributed by atoms with Crippen molar-refractivity contribution in [3.8, 4) is 11.1 Å². The third-order valence-corrected chi connectivity index (χ3v) is 5.57. The van der Waals surface area contributed by atoms with Crippen molar-refractivity contribution in [2.75, 3.05) is 36.9 Å². The van der Waals surface area contributed by atoms with Crippen molar-refractivity contribution >= 4 is 11.4 Å². The predicted octanol–water partition coefficient (Wildman–Crippen LogP) is 4.02. The zero-order valence-electron chi connectivity index (χ0n) is 15.2. The largest absolute Gasteiger partial charge is 0.399 e.